The van der Waals surface area contributed by atoms with Crippen LogP contribution in [0.4, 0.5) is 5.69 Å². The highest BCUT2D eigenvalue weighted by molar-refractivity contribution is 9.10. The van der Waals surface area contributed by atoms with Gasteiger partial charge in [-0.2, -0.15) is 0 Å². The van der Waals surface area contributed by atoms with Crippen molar-refractivity contribution in [2.24, 2.45) is 0 Å². The summed E-state index contributed by atoms with van der Waals surface area (Å²) >= 11 is 5.26. The minimum atomic E-state index is -0.0419. The molecule has 1 aliphatic heterocycles. The van der Waals surface area contributed by atoms with Gasteiger partial charge in [0.1, 0.15) is 0 Å². The molecule has 0 N–H and O–H groups in total. The topological polar surface area (TPSA) is 20.3 Å². The molecule has 0 saturated carbocycles. The van der Waals surface area contributed by atoms with Crippen molar-refractivity contribution >= 4 is 38.9 Å². The molecule has 0 fully saturated rings. The third-order valence-electron chi connectivity index (χ3n) is 3.89. The van der Waals surface area contributed by atoms with Crippen LogP contribution in [0.2, 0.25) is 0 Å². The van der Waals surface area contributed by atoms with Crippen LogP contribution in [-0.2, 0) is 11.2 Å². The Morgan fingerprint density at radius 3 is 2.80 bits per heavy atom. The highest BCUT2D eigenvalue weighted by Crippen LogP contribution is 2.41. The molecule has 2 heterocycles. The number of carbonyl (C=O) groups is 1. The average molecular weight is 350 g/mol. The molecule has 1 aliphatic rings. The van der Waals surface area contributed by atoms with Gasteiger partial charge in [-0.15, -0.1) is 11.3 Å². The van der Waals surface area contributed by atoms with Gasteiger partial charge < -0.3 is 4.90 Å². The first-order chi connectivity index (χ1) is 9.61. The van der Waals surface area contributed by atoms with E-state index in [2.05, 4.69) is 40.4 Å². The Morgan fingerprint density at radius 1 is 1.35 bits per heavy atom. The number of thiophene rings is 1. The van der Waals surface area contributed by atoms with Crippen LogP contribution in [-0.4, -0.2) is 12.5 Å². The van der Waals surface area contributed by atoms with Gasteiger partial charge in [-0.05, 0) is 61.0 Å². The minimum Gasteiger partial charge on any atom is -0.312 e. The molecular weight excluding hydrogens is 334 g/mol. The monoisotopic (exact) mass is 349 g/mol. The van der Waals surface area contributed by atoms with Gasteiger partial charge in [-0.3, -0.25) is 4.79 Å². The van der Waals surface area contributed by atoms with Crippen LogP contribution in [0.15, 0.2) is 34.1 Å². The van der Waals surface area contributed by atoms with E-state index in [1.165, 1.54) is 10.4 Å². The number of rotatable bonds is 3. The molecule has 2 nitrogen and oxygen atoms in total. The number of anilines is 1. The summed E-state index contributed by atoms with van der Waals surface area (Å²) in [5.74, 6) is 0.188. The van der Waals surface area contributed by atoms with Crippen molar-refractivity contribution in [1.82, 2.24) is 0 Å². The quantitative estimate of drug-likeness (QED) is 0.798. The van der Waals surface area contributed by atoms with Crippen LogP contribution in [0.25, 0.3) is 0 Å². The Hall–Kier alpha value is -1.13. The Balaban J connectivity index is 2.02. The molecule has 0 radical (unpaired) electrons. The predicted octanol–water partition coefficient (Wildman–Crippen LogP) is 4.51. The zero-order valence-electron chi connectivity index (χ0n) is 11.5. The van der Waals surface area contributed by atoms with Gasteiger partial charge in [-0.1, -0.05) is 15.9 Å². The number of fused-ring (bicyclic) bond motifs is 1. The number of hydrogen-bond donors (Lipinski definition) is 0. The number of hydrogen-bond acceptors (Lipinski definition) is 2. The molecule has 0 bridgehead atoms. The highest BCUT2D eigenvalue weighted by Gasteiger charge is 2.36. The Morgan fingerprint density at radius 2 is 2.15 bits per heavy atom. The largest absolute Gasteiger partial charge is 0.312 e. The van der Waals surface area contributed by atoms with E-state index in [0.29, 0.717) is 0 Å². The number of carbonyl (C=O) groups excluding carboxylic acids is 1. The maximum absolute atomic E-state index is 12.7. The van der Waals surface area contributed by atoms with E-state index < -0.39 is 0 Å². The summed E-state index contributed by atoms with van der Waals surface area (Å²) in [4.78, 5) is 15.9. The summed E-state index contributed by atoms with van der Waals surface area (Å²) in [7, 11) is 0. The van der Waals surface area contributed by atoms with Crippen molar-refractivity contribution < 1.29 is 4.79 Å². The van der Waals surface area contributed by atoms with Crippen LogP contribution in [0.5, 0.6) is 0 Å². The lowest BCUT2D eigenvalue weighted by Gasteiger charge is -2.15. The highest BCUT2D eigenvalue weighted by atomic mass is 79.9. The first-order valence-corrected chi connectivity index (χ1v) is 8.43. The molecule has 0 saturated heterocycles. The molecule has 4 heteroatoms. The molecule has 0 spiro atoms. The van der Waals surface area contributed by atoms with E-state index in [0.717, 1.165) is 28.7 Å². The first kappa shape index (κ1) is 13.8. The van der Waals surface area contributed by atoms with Crippen molar-refractivity contribution in [3.05, 3.63) is 50.1 Å². The Labute approximate surface area is 131 Å². The molecule has 104 valence electrons. The van der Waals surface area contributed by atoms with E-state index in [4.69, 9.17) is 0 Å². The van der Waals surface area contributed by atoms with Gasteiger partial charge in [0, 0.05) is 21.6 Å². The van der Waals surface area contributed by atoms with Gasteiger partial charge in [0.25, 0.3) is 0 Å². The van der Waals surface area contributed by atoms with Crippen LogP contribution in [0.1, 0.15) is 28.8 Å². The van der Waals surface area contributed by atoms with Gasteiger partial charge in [0.05, 0.1) is 5.92 Å². The molecular formula is C16H16BrNOS. The molecule has 1 unspecified atom stereocenters. The van der Waals surface area contributed by atoms with E-state index >= 15 is 0 Å². The number of halogens is 1. The predicted molar refractivity (Wildman–Crippen MR) is 87.7 cm³/mol. The van der Waals surface area contributed by atoms with Crippen LogP contribution >= 0.6 is 27.3 Å². The summed E-state index contributed by atoms with van der Waals surface area (Å²) in [5.41, 5.74) is 3.51. The number of amides is 1. The van der Waals surface area contributed by atoms with Crippen molar-refractivity contribution in [2.75, 3.05) is 11.4 Å². The van der Waals surface area contributed by atoms with Crippen molar-refractivity contribution in [1.29, 1.82) is 0 Å². The lowest BCUT2D eigenvalue weighted by Crippen LogP contribution is -2.28. The lowest BCUT2D eigenvalue weighted by atomic mass is 9.95. The van der Waals surface area contributed by atoms with E-state index in [1.807, 2.05) is 24.0 Å². The second-order valence-corrected chi connectivity index (χ2v) is 6.99. The summed E-state index contributed by atoms with van der Waals surface area (Å²) < 4.78 is 1.04. The van der Waals surface area contributed by atoms with Gasteiger partial charge in [0.15, 0.2) is 0 Å². The van der Waals surface area contributed by atoms with Crippen LogP contribution < -0.4 is 4.90 Å². The standard InChI is InChI=1S/C16H16BrNOS/c1-3-18-14-5-4-11(17)8-12(14)13(16(18)19)9-15-10(2)6-7-20-15/h4-8,13H,3,9H2,1-2H3. The zero-order chi connectivity index (χ0) is 14.3. The van der Waals surface area contributed by atoms with Crippen molar-refractivity contribution in [2.45, 2.75) is 26.2 Å². The smallest absolute Gasteiger partial charge is 0.234 e. The minimum absolute atomic E-state index is 0.0419. The molecule has 3 rings (SSSR count). The maximum atomic E-state index is 12.7. The second-order valence-electron chi connectivity index (χ2n) is 5.07. The van der Waals surface area contributed by atoms with Crippen molar-refractivity contribution in [3.63, 3.8) is 0 Å². The summed E-state index contributed by atoms with van der Waals surface area (Å²) in [6.45, 7) is 4.88. The van der Waals surface area contributed by atoms with E-state index in [1.54, 1.807) is 11.3 Å². The fraction of sp³-hybridized carbons (Fsp3) is 0.312. The van der Waals surface area contributed by atoms with Crippen LogP contribution in [0, 0.1) is 6.92 Å². The second kappa shape index (κ2) is 5.34. The third-order valence-corrected chi connectivity index (χ3v) is 5.43. The number of aryl methyl sites for hydroxylation is 1. The molecule has 1 aromatic carbocycles. The summed E-state index contributed by atoms with van der Waals surface area (Å²) in [6, 6.07) is 8.27. The first-order valence-electron chi connectivity index (χ1n) is 6.75. The molecule has 20 heavy (non-hydrogen) atoms. The average Bonchev–Trinajstić information content (AvgIpc) is 2.93. The summed E-state index contributed by atoms with van der Waals surface area (Å²) in [5, 5.41) is 2.10. The number of likely N-dealkylation sites (N-methyl/N-ethyl adjacent to an activating group) is 1. The molecule has 0 aliphatic carbocycles. The maximum Gasteiger partial charge on any atom is 0.234 e. The summed E-state index contributed by atoms with van der Waals surface area (Å²) in [6.07, 6.45) is 0.808. The fourth-order valence-corrected chi connectivity index (χ4v) is 4.14. The van der Waals surface area contributed by atoms with E-state index in [-0.39, 0.29) is 11.8 Å². The molecule has 1 amide bonds. The third kappa shape index (κ3) is 2.21. The van der Waals surface area contributed by atoms with Crippen molar-refractivity contribution in [3.8, 4) is 0 Å². The van der Waals surface area contributed by atoms with Crippen LogP contribution in [0.3, 0.4) is 0 Å². The molecule has 1 aromatic heterocycles. The SMILES string of the molecule is CCN1C(=O)C(Cc2sccc2C)c2cc(Br)ccc21. The Kier molecular flexibility index (Phi) is 3.69. The number of nitrogens with zero attached hydrogens (tertiary/aromatic N) is 1. The molecule has 1 atom stereocenters. The fourth-order valence-electron chi connectivity index (χ4n) is 2.81. The number of benzene rings is 1. The van der Waals surface area contributed by atoms with E-state index in [9.17, 15) is 4.79 Å². The van der Waals surface area contributed by atoms with Gasteiger partial charge in [0.2, 0.25) is 5.91 Å². The zero-order valence-corrected chi connectivity index (χ0v) is 13.9. The lowest BCUT2D eigenvalue weighted by molar-refractivity contribution is -0.119. The molecule has 2 aromatic rings. The Bertz CT molecular complexity index is 664. The van der Waals surface area contributed by atoms with Gasteiger partial charge in [-0.25, -0.2) is 0 Å². The normalized spacial score (nSPS) is 17.6. The van der Waals surface area contributed by atoms with Gasteiger partial charge >= 0.3 is 0 Å².